The molecule has 0 bridgehead atoms. The van der Waals surface area contributed by atoms with Crippen LogP contribution in [0.15, 0.2) is 70.0 Å². The summed E-state index contributed by atoms with van der Waals surface area (Å²) < 4.78 is 29.1. The van der Waals surface area contributed by atoms with Crippen LogP contribution in [0.1, 0.15) is 21.5 Å². The Morgan fingerprint density at radius 3 is 2.41 bits per heavy atom. The highest BCUT2D eigenvalue weighted by molar-refractivity contribution is 9.10. The molecule has 0 saturated carbocycles. The van der Waals surface area contributed by atoms with Crippen LogP contribution < -0.4 is 10.0 Å². The molecule has 0 fully saturated rings. The van der Waals surface area contributed by atoms with E-state index < -0.39 is 15.9 Å². The molecule has 3 rings (SSSR count). The maximum atomic E-state index is 12.8. The smallest absolute Gasteiger partial charge is 0.263 e. The van der Waals surface area contributed by atoms with Gasteiger partial charge in [0, 0.05) is 21.4 Å². The van der Waals surface area contributed by atoms with Gasteiger partial charge in [0.1, 0.15) is 4.90 Å². The average molecular weight is 494 g/mol. The summed E-state index contributed by atoms with van der Waals surface area (Å²) in [5, 5.41) is 2.79. The van der Waals surface area contributed by atoms with E-state index in [1.165, 1.54) is 18.2 Å². The average Bonchev–Trinajstić information content (AvgIpc) is 2.64. The van der Waals surface area contributed by atoms with Crippen molar-refractivity contribution in [2.24, 2.45) is 0 Å². The molecule has 5 nitrogen and oxygen atoms in total. The van der Waals surface area contributed by atoms with Crippen LogP contribution >= 0.6 is 27.5 Å². The van der Waals surface area contributed by atoms with Crippen molar-refractivity contribution in [3.05, 3.63) is 86.8 Å². The predicted molar refractivity (Wildman–Crippen MR) is 120 cm³/mol. The Bertz CT molecular complexity index is 1200. The summed E-state index contributed by atoms with van der Waals surface area (Å²) in [4.78, 5) is 12.5. The van der Waals surface area contributed by atoms with Gasteiger partial charge >= 0.3 is 0 Å². The number of nitrogens with one attached hydrogen (secondary N) is 2. The van der Waals surface area contributed by atoms with Gasteiger partial charge in [-0.3, -0.25) is 9.52 Å². The third-order valence-electron chi connectivity index (χ3n) is 4.17. The van der Waals surface area contributed by atoms with Crippen molar-refractivity contribution < 1.29 is 13.2 Å². The fourth-order valence-electron chi connectivity index (χ4n) is 2.69. The summed E-state index contributed by atoms with van der Waals surface area (Å²) in [5.74, 6) is -0.435. The molecule has 0 saturated heterocycles. The number of sulfonamides is 1. The van der Waals surface area contributed by atoms with Gasteiger partial charge in [-0.15, -0.1) is 0 Å². The van der Waals surface area contributed by atoms with Crippen LogP contribution in [-0.2, 0) is 10.0 Å². The van der Waals surface area contributed by atoms with Gasteiger partial charge in [0.15, 0.2) is 0 Å². The quantitative estimate of drug-likeness (QED) is 0.473. The first-order valence-corrected chi connectivity index (χ1v) is 11.3. The molecule has 8 heteroatoms. The maximum absolute atomic E-state index is 12.8. The first kappa shape index (κ1) is 21.4. The highest BCUT2D eigenvalue weighted by Crippen LogP contribution is 2.26. The van der Waals surface area contributed by atoms with E-state index in [1.807, 2.05) is 32.0 Å². The lowest BCUT2D eigenvalue weighted by Crippen LogP contribution is -2.16. The lowest BCUT2D eigenvalue weighted by molar-refractivity contribution is 0.102. The molecule has 0 aromatic heterocycles. The van der Waals surface area contributed by atoms with E-state index in [-0.39, 0.29) is 15.5 Å². The van der Waals surface area contributed by atoms with E-state index in [1.54, 1.807) is 24.3 Å². The van der Waals surface area contributed by atoms with Gasteiger partial charge < -0.3 is 5.32 Å². The molecule has 0 heterocycles. The molecule has 0 aliphatic carbocycles. The zero-order valence-electron chi connectivity index (χ0n) is 15.7. The van der Waals surface area contributed by atoms with Crippen molar-refractivity contribution in [2.45, 2.75) is 18.7 Å². The molecule has 1 amide bonds. The minimum absolute atomic E-state index is 0.0289. The van der Waals surface area contributed by atoms with Gasteiger partial charge in [-0.05, 0) is 73.5 Å². The topological polar surface area (TPSA) is 75.3 Å². The molecular formula is C21H18BrClN2O3S. The zero-order chi connectivity index (χ0) is 21.2. The Labute approximate surface area is 183 Å². The third-order valence-corrected chi connectivity index (χ3v) is 6.92. The predicted octanol–water partition coefficient (Wildman–Crippen LogP) is 5.77. The molecule has 150 valence electrons. The Balaban J connectivity index is 1.88. The van der Waals surface area contributed by atoms with Crippen LogP contribution in [0.2, 0.25) is 5.02 Å². The fourth-order valence-corrected chi connectivity index (χ4v) is 4.52. The normalized spacial score (nSPS) is 11.2. The lowest BCUT2D eigenvalue weighted by atomic mass is 10.2. The summed E-state index contributed by atoms with van der Waals surface area (Å²) >= 11 is 9.54. The van der Waals surface area contributed by atoms with Crippen LogP contribution in [0.4, 0.5) is 11.4 Å². The van der Waals surface area contributed by atoms with Crippen LogP contribution in [0.3, 0.4) is 0 Å². The third kappa shape index (κ3) is 5.18. The first-order chi connectivity index (χ1) is 13.7. The van der Waals surface area contributed by atoms with Crippen LogP contribution in [0.25, 0.3) is 0 Å². The number of amides is 1. The maximum Gasteiger partial charge on any atom is 0.263 e. The minimum atomic E-state index is -3.97. The first-order valence-electron chi connectivity index (χ1n) is 8.62. The number of anilines is 2. The van der Waals surface area contributed by atoms with Crippen molar-refractivity contribution >= 4 is 54.8 Å². The van der Waals surface area contributed by atoms with Crippen molar-refractivity contribution in [1.82, 2.24) is 0 Å². The number of carbonyl (C=O) groups is 1. The molecular weight excluding hydrogens is 476 g/mol. The highest BCUT2D eigenvalue weighted by atomic mass is 79.9. The number of hydrogen-bond donors (Lipinski definition) is 2. The van der Waals surface area contributed by atoms with Crippen LogP contribution in [0, 0.1) is 13.8 Å². The van der Waals surface area contributed by atoms with Gasteiger partial charge in [0.05, 0.1) is 5.02 Å². The summed E-state index contributed by atoms with van der Waals surface area (Å²) in [7, 11) is -3.97. The lowest BCUT2D eigenvalue weighted by Gasteiger charge is -2.12. The largest absolute Gasteiger partial charge is 0.322 e. The van der Waals surface area contributed by atoms with E-state index >= 15 is 0 Å². The Morgan fingerprint density at radius 2 is 1.72 bits per heavy atom. The molecule has 0 aliphatic heterocycles. The standard InChI is InChI=1S/C21H18BrClN2O3S/c1-13-4-3-5-17(10-13)25-29(27,28)20-12-15(6-9-19(20)23)21(26)24-16-7-8-18(22)14(2)11-16/h3-12,25H,1-2H3,(H,24,26). The SMILES string of the molecule is Cc1cccc(NS(=O)(=O)c2cc(C(=O)Nc3ccc(Br)c(C)c3)ccc2Cl)c1. The van der Waals surface area contributed by atoms with E-state index in [2.05, 4.69) is 26.0 Å². The number of hydrogen-bond acceptors (Lipinski definition) is 3. The van der Waals surface area contributed by atoms with E-state index in [0.717, 1.165) is 15.6 Å². The number of aryl methyl sites for hydroxylation is 2. The Hall–Kier alpha value is -2.35. The second-order valence-corrected chi connectivity index (χ2v) is 9.45. The molecule has 3 aromatic rings. The fraction of sp³-hybridized carbons (Fsp3) is 0.0952. The van der Waals surface area contributed by atoms with Gasteiger partial charge in [-0.25, -0.2) is 8.42 Å². The van der Waals surface area contributed by atoms with Gasteiger partial charge in [0.25, 0.3) is 15.9 Å². The summed E-state index contributed by atoms with van der Waals surface area (Å²) in [6.45, 7) is 3.77. The molecule has 29 heavy (non-hydrogen) atoms. The van der Waals surface area contributed by atoms with Crippen LogP contribution in [-0.4, -0.2) is 14.3 Å². The monoisotopic (exact) mass is 492 g/mol. The molecule has 0 atom stereocenters. The van der Waals surface area contributed by atoms with E-state index in [0.29, 0.717) is 11.4 Å². The van der Waals surface area contributed by atoms with Crippen LogP contribution in [0.5, 0.6) is 0 Å². The van der Waals surface area contributed by atoms with Gasteiger partial charge in [-0.2, -0.15) is 0 Å². The van der Waals surface area contributed by atoms with Gasteiger partial charge in [-0.1, -0.05) is 39.7 Å². The minimum Gasteiger partial charge on any atom is -0.322 e. The molecule has 0 radical (unpaired) electrons. The Morgan fingerprint density at radius 1 is 0.966 bits per heavy atom. The van der Waals surface area contributed by atoms with Crippen molar-refractivity contribution in [3.63, 3.8) is 0 Å². The molecule has 2 N–H and O–H groups in total. The zero-order valence-corrected chi connectivity index (χ0v) is 18.8. The number of benzene rings is 3. The second kappa shape index (κ2) is 8.57. The van der Waals surface area contributed by atoms with E-state index in [4.69, 9.17) is 11.6 Å². The number of halogens is 2. The molecule has 0 unspecified atom stereocenters. The molecule has 0 aliphatic rings. The summed E-state index contributed by atoms with van der Waals surface area (Å²) in [6.07, 6.45) is 0. The van der Waals surface area contributed by atoms with Crippen molar-refractivity contribution in [2.75, 3.05) is 10.0 Å². The van der Waals surface area contributed by atoms with E-state index in [9.17, 15) is 13.2 Å². The summed E-state index contributed by atoms with van der Waals surface area (Å²) in [6, 6.07) is 16.5. The van der Waals surface area contributed by atoms with Crippen molar-refractivity contribution in [3.8, 4) is 0 Å². The number of carbonyl (C=O) groups excluding carboxylic acids is 1. The second-order valence-electron chi connectivity index (χ2n) is 6.54. The Kier molecular flexibility index (Phi) is 6.31. The summed E-state index contributed by atoms with van der Waals surface area (Å²) in [5.41, 5.74) is 3.08. The molecule has 3 aromatic carbocycles. The number of rotatable bonds is 5. The van der Waals surface area contributed by atoms with Crippen molar-refractivity contribution in [1.29, 1.82) is 0 Å². The molecule has 0 spiro atoms. The van der Waals surface area contributed by atoms with Gasteiger partial charge in [0.2, 0.25) is 0 Å². The highest BCUT2D eigenvalue weighted by Gasteiger charge is 2.20.